The highest BCUT2D eigenvalue weighted by atomic mass is 32.2. The molecular formula is C22H39NO3S. The molecule has 0 spiro atoms. The second kappa shape index (κ2) is 14.1. The van der Waals surface area contributed by atoms with Gasteiger partial charge in [-0.2, -0.15) is 8.42 Å². The minimum Gasteiger partial charge on any atom is -0.307 e. The molecule has 0 bridgehead atoms. The number of nitrogens with zero attached hydrogens (tertiary/aromatic N) is 1. The fraction of sp³-hybridized carbons (Fsp3) is 0.727. The first kappa shape index (κ1) is 24.1. The highest BCUT2D eigenvalue weighted by Gasteiger charge is 2.18. The standard InChI is InChI=1S/C22H39NO3S/c1-4-5-6-7-8-9-10-11-12-13-16-21-17-14-15-18-22(21)27(24,25)26-20-19-23(2)3/h14-15,17-18H,4-13,16,19-20H2,1-3H3. The zero-order valence-electron chi connectivity index (χ0n) is 17.6. The van der Waals surface area contributed by atoms with E-state index in [0.29, 0.717) is 11.4 Å². The zero-order valence-corrected chi connectivity index (χ0v) is 18.4. The van der Waals surface area contributed by atoms with Crippen molar-refractivity contribution in [2.45, 2.75) is 82.4 Å². The average Bonchev–Trinajstić information content (AvgIpc) is 2.63. The Balaban J connectivity index is 2.33. The van der Waals surface area contributed by atoms with Gasteiger partial charge in [0.15, 0.2) is 0 Å². The highest BCUT2D eigenvalue weighted by molar-refractivity contribution is 7.86. The molecule has 0 fully saturated rings. The first-order chi connectivity index (χ1) is 13.0. The van der Waals surface area contributed by atoms with Crippen LogP contribution < -0.4 is 0 Å². The van der Waals surface area contributed by atoms with Gasteiger partial charge in [-0.3, -0.25) is 4.18 Å². The van der Waals surface area contributed by atoms with E-state index in [4.69, 9.17) is 4.18 Å². The summed E-state index contributed by atoms with van der Waals surface area (Å²) in [5.74, 6) is 0. The first-order valence-corrected chi connectivity index (χ1v) is 12.0. The molecule has 5 heteroatoms. The molecule has 0 aliphatic heterocycles. The van der Waals surface area contributed by atoms with Gasteiger partial charge in [0.25, 0.3) is 10.1 Å². The van der Waals surface area contributed by atoms with Gasteiger partial charge in [-0.05, 0) is 38.6 Å². The molecule has 4 nitrogen and oxygen atoms in total. The lowest BCUT2D eigenvalue weighted by atomic mass is 10.0. The molecule has 0 aliphatic rings. The summed E-state index contributed by atoms with van der Waals surface area (Å²) in [5, 5.41) is 0. The van der Waals surface area contributed by atoms with Gasteiger partial charge >= 0.3 is 0 Å². The van der Waals surface area contributed by atoms with Crippen LogP contribution >= 0.6 is 0 Å². The Labute approximate surface area is 167 Å². The smallest absolute Gasteiger partial charge is 0.297 e. The summed E-state index contributed by atoms with van der Waals surface area (Å²) < 4.78 is 30.1. The highest BCUT2D eigenvalue weighted by Crippen LogP contribution is 2.20. The predicted molar refractivity (Wildman–Crippen MR) is 114 cm³/mol. The third kappa shape index (κ3) is 10.9. The molecule has 0 atom stereocenters. The van der Waals surface area contributed by atoms with Gasteiger partial charge in [-0.1, -0.05) is 82.9 Å². The Morgan fingerprint density at radius 1 is 0.852 bits per heavy atom. The van der Waals surface area contributed by atoms with E-state index in [1.54, 1.807) is 12.1 Å². The van der Waals surface area contributed by atoms with Gasteiger partial charge < -0.3 is 4.90 Å². The number of benzene rings is 1. The third-order valence-electron chi connectivity index (χ3n) is 4.82. The zero-order chi connectivity index (χ0) is 20.0. The average molecular weight is 398 g/mol. The van der Waals surface area contributed by atoms with Crippen LogP contribution in [0.5, 0.6) is 0 Å². The lowest BCUT2D eigenvalue weighted by molar-refractivity contribution is 0.265. The minimum absolute atomic E-state index is 0.182. The molecule has 0 amide bonds. The van der Waals surface area contributed by atoms with Crippen LogP contribution in [0.3, 0.4) is 0 Å². The number of unbranched alkanes of at least 4 members (excludes halogenated alkanes) is 9. The van der Waals surface area contributed by atoms with E-state index in [1.807, 2.05) is 31.1 Å². The van der Waals surface area contributed by atoms with Crippen molar-refractivity contribution in [2.75, 3.05) is 27.2 Å². The number of rotatable bonds is 16. The second-order valence-corrected chi connectivity index (χ2v) is 9.20. The molecule has 156 valence electrons. The largest absolute Gasteiger partial charge is 0.307 e. The normalized spacial score (nSPS) is 12.0. The maximum atomic E-state index is 12.5. The Morgan fingerprint density at radius 3 is 2.00 bits per heavy atom. The third-order valence-corrected chi connectivity index (χ3v) is 6.23. The summed E-state index contributed by atoms with van der Waals surface area (Å²) in [6.07, 6.45) is 13.6. The number of aryl methyl sites for hydroxylation is 1. The van der Waals surface area contributed by atoms with E-state index in [-0.39, 0.29) is 6.61 Å². The van der Waals surface area contributed by atoms with Crippen LogP contribution in [0.25, 0.3) is 0 Å². The van der Waals surface area contributed by atoms with Crippen LogP contribution in [0, 0.1) is 0 Å². The Kier molecular flexibility index (Phi) is 12.6. The van der Waals surface area contributed by atoms with Crippen molar-refractivity contribution in [3.8, 4) is 0 Å². The van der Waals surface area contributed by atoms with Gasteiger partial charge in [0.2, 0.25) is 0 Å². The predicted octanol–water partition coefficient (Wildman–Crippen LogP) is 5.42. The lowest BCUT2D eigenvalue weighted by Gasteiger charge is -2.12. The van der Waals surface area contributed by atoms with E-state index >= 15 is 0 Å². The SMILES string of the molecule is CCCCCCCCCCCCc1ccccc1S(=O)(=O)OCCN(C)C. The van der Waals surface area contributed by atoms with Crippen LogP contribution in [0.15, 0.2) is 29.2 Å². The fourth-order valence-electron chi connectivity index (χ4n) is 3.15. The number of hydrogen-bond acceptors (Lipinski definition) is 4. The quantitative estimate of drug-likeness (QED) is 0.276. The van der Waals surface area contributed by atoms with Crippen molar-refractivity contribution in [3.05, 3.63) is 29.8 Å². The summed E-state index contributed by atoms with van der Waals surface area (Å²) in [4.78, 5) is 2.24. The summed E-state index contributed by atoms with van der Waals surface area (Å²) in [5.41, 5.74) is 0.877. The Morgan fingerprint density at radius 2 is 1.41 bits per heavy atom. The lowest BCUT2D eigenvalue weighted by Crippen LogP contribution is -2.20. The summed E-state index contributed by atoms with van der Waals surface area (Å²) in [7, 11) is 0.120. The molecule has 1 rings (SSSR count). The molecule has 0 unspecified atom stereocenters. The molecule has 0 aliphatic carbocycles. The number of hydrogen-bond donors (Lipinski definition) is 0. The minimum atomic E-state index is -3.68. The second-order valence-electron chi connectivity index (χ2n) is 7.62. The van der Waals surface area contributed by atoms with Crippen molar-refractivity contribution in [1.29, 1.82) is 0 Å². The molecule has 27 heavy (non-hydrogen) atoms. The molecule has 0 aromatic heterocycles. The Hall–Kier alpha value is -0.910. The molecule has 0 radical (unpaired) electrons. The van der Waals surface area contributed by atoms with E-state index in [1.165, 1.54) is 51.4 Å². The monoisotopic (exact) mass is 397 g/mol. The van der Waals surface area contributed by atoms with Crippen LogP contribution in [0.2, 0.25) is 0 Å². The molecule has 1 aromatic rings. The molecular weight excluding hydrogens is 358 g/mol. The molecule has 1 aromatic carbocycles. The molecule has 0 heterocycles. The van der Waals surface area contributed by atoms with E-state index in [9.17, 15) is 8.42 Å². The van der Waals surface area contributed by atoms with Crippen molar-refractivity contribution < 1.29 is 12.6 Å². The number of likely N-dealkylation sites (N-methyl/N-ethyl adjacent to an activating group) is 1. The molecule has 0 N–H and O–H groups in total. The van der Waals surface area contributed by atoms with Gasteiger partial charge in [0.05, 0.1) is 11.5 Å². The van der Waals surface area contributed by atoms with Crippen LogP contribution in [0.4, 0.5) is 0 Å². The summed E-state index contributed by atoms with van der Waals surface area (Å²) >= 11 is 0. The van der Waals surface area contributed by atoms with E-state index in [2.05, 4.69) is 6.92 Å². The topological polar surface area (TPSA) is 46.6 Å². The van der Waals surface area contributed by atoms with Crippen molar-refractivity contribution in [3.63, 3.8) is 0 Å². The fourth-order valence-corrected chi connectivity index (χ4v) is 4.31. The Bertz CT molecular complexity index is 599. The maximum Gasteiger partial charge on any atom is 0.297 e. The van der Waals surface area contributed by atoms with E-state index in [0.717, 1.165) is 24.8 Å². The van der Waals surface area contributed by atoms with Gasteiger partial charge in [0.1, 0.15) is 0 Å². The van der Waals surface area contributed by atoms with E-state index < -0.39 is 10.1 Å². The van der Waals surface area contributed by atoms with Gasteiger partial charge in [-0.15, -0.1) is 0 Å². The van der Waals surface area contributed by atoms with Crippen molar-refractivity contribution in [1.82, 2.24) is 4.90 Å². The molecule has 0 saturated heterocycles. The van der Waals surface area contributed by atoms with Gasteiger partial charge in [0, 0.05) is 6.54 Å². The van der Waals surface area contributed by atoms with Crippen LogP contribution in [-0.2, 0) is 20.7 Å². The van der Waals surface area contributed by atoms with Crippen LogP contribution in [-0.4, -0.2) is 40.6 Å². The van der Waals surface area contributed by atoms with Crippen molar-refractivity contribution in [2.24, 2.45) is 0 Å². The maximum absolute atomic E-state index is 12.5. The van der Waals surface area contributed by atoms with Gasteiger partial charge in [-0.25, -0.2) is 0 Å². The molecule has 0 saturated carbocycles. The van der Waals surface area contributed by atoms with Crippen LogP contribution in [0.1, 0.15) is 76.7 Å². The summed E-state index contributed by atoms with van der Waals surface area (Å²) in [6.45, 7) is 3.01. The summed E-state index contributed by atoms with van der Waals surface area (Å²) in [6, 6.07) is 7.25. The van der Waals surface area contributed by atoms with Crippen molar-refractivity contribution >= 4 is 10.1 Å². The first-order valence-electron chi connectivity index (χ1n) is 10.6.